The summed E-state index contributed by atoms with van der Waals surface area (Å²) in [5.41, 5.74) is 15.9. The van der Waals surface area contributed by atoms with Gasteiger partial charge < -0.3 is 46.7 Å². The van der Waals surface area contributed by atoms with Gasteiger partial charge >= 0.3 is 0 Å². The number of aromatic nitrogens is 9. The van der Waals surface area contributed by atoms with Gasteiger partial charge in [0.2, 0.25) is 0 Å². The molecule has 0 spiro atoms. The molecule has 11 heterocycles. The van der Waals surface area contributed by atoms with Gasteiger partial charge in [0.25, 0.3) is 0 Å². The number of fused-ring (bicyclic) bond motifs is 3. The Kier molecular flexibility index (Phi) is 19.9. The Balaban J connectivity index is 0.000000139. The first-order chi connectivity index (χ1) is 42.6. The van der Waals surface area contributed by atoms with Gasteiger partial charge in [-0.15, -0.1) is 34.0 Å². The lowest BCUT2D eigenvalue weighted by molar-refractivity contribution is -0.0384. The van der Waals surface area contributed by atoms with Crippen LogP contribution in [0.4, 0.5) is 28.8 Å². The van der Waals surface area contributed by atoms with E-state index in [0.717, 1.165) is 146 Å². The molecule has 2 saturated heterocycles. The fourth-order valence-electron chi connectivity index (χ4n) is 10.9. The van der Waals surface area contributed by atoms with Crippen molar-refractivity contribution in [2.75, 3.05) is 53.4 Å². The second-order valence-electron chi connectivity index (χ2n) is 24.0. The molecule has 2 aliphatic rings. The van der Waals surface area contributed by atoms with E-state index in [1.54, 1.807) is 40.2 Å². The van der Waals surface area contributed by atoms with Crippen LogP contribution in [-0.2, 0) is 9.47 Å². The number of nitrogens with one attached hydrogen (secondary N) is 5. The number of nitrogens with two attached hydrogens (primary N) is 1. The zero-order valence-corrected chi connectivity index (χ0v) is 54.5. The summed E-state index contributed by atoms with van der Waals surface area (Å²) >= 11 is 8.78. The number of nitrogen functional groups attached to an aromatic ring is 1. The summed E-state index contributed by atoms with van der Waals surface area (Å²) in [7, 11) is 0. The number of pyridine rings is 3. The molecule has 13 rings (SSSR count). The SMILES string of the molecule is CC(C)(C)Nc1cc(Br)c2sc(-c3ccnn3C3CCCCO3)cc2n1.CC(C)(C)Nc1cc(NC(CCO)c2ccccc2)c2sc(-c3ccnn3C3CCCCO3)cc2n1.Nc1cc(NC(CCO)c2ccccc2)c2sc(-c3ccn[nH]3)cc2n1. The maximum atomic E-state index is 9.80. The van der Waals surface area contributed by atoms with E-state index in [4.69, 9.17) is 25.2 Å². The van der Waals surface area contributed by atoms with E-state index in [2.05, 4.69) is 165 Å². The molecule has 0 amide bonds. The lowest BCUT2D eigenvalue weighted by Gasteiger charge is -2.24. The van der Waals surface area contributed by atoms with Gasteiger partial charge in [-0.2, -0.15) is 15.3 Å². The van der Waals surface area contributed by atoms with E-state index >= 15 is 0 Å². The average molecular weight is 1310 g/mol. The van der Waals surface area contributed by atoms with Gasteiger partial charge in [-0.1, -0.05) is 60.7 Å². The van der Waals surface area contributed by atoms with Crippen LogP contribution in [0.3, 0.4) is 0 Å². The molecular formula is C66H77BrN14O4S3. The summed E-state index contributed by atoms with van der Waals surface area (Å²) < 4.78 is 20.3. The molecule has 4 unspecified atom stereocenters. The van der Waals surface area contributed by atoms with Crippen molar-refractivity contribution in [3.63, 3.8) is 0 Å². The molecule has 18 nitrogen and oxygen atoms in total. The van der Waals surface area contributed by atoms with Crippen molar-refractivity contribution in [2.24, 2.45) is 0 Å². The molecule has 460 valence electrons. The summed E-state index contributed by atoms with van der Waals surface area (Å²) in [5.74, 6) is 2.16. The fraction of sp³-hybridized carbons (Fsp3) is 0.364. The van der Waals surface area contributed by atoms with E-state index in [9.17, 15) is 10.2 Å². The molecule has 2 fully saturated rings. The number of aliphatic hydroxyl groups is 2. The zero-order chi connectivity index (χ0) is 61.4. The predicted molar refractivity (Wildman–Crippen MR) is 364 cm³/mol. The first-order valence-electron chi connectivity index (χ1n) is 30.0. The lowest BCUT2D eigenvalue weighted by Crippen LogP contribution is -2.26. The van der Waals surface area contributed by atoms with Gasteiger partial charge in [0, 0.05) is 72.7 Å². The Labute approximate surface area is 533 Å². The Hall–Kier alpha value is -7.28. The summed E-state index contributed by atoms with van der Waals surface area (Å²) in [4.78, 5) is 17.6. The number of halogens is 1. The highest BCUT2D eigenvalue weighted by Crippen LogP contribution is 2.43. The van der Waals surface area contributed by atoms with Crippen molar-refractivity contribution in [1.29, 1.82) is 0 Å². The molecule has 11 aromatic rings. The summed E-state index contributed by atoms with van der Waals surface area (Å²) in [6.07, 6.45) is 13.2. The smallest absolute Gasteiger partial charge is 0.150 e. The van der Waals surface area contributed by atoms with E-state index < -0.39 is 0 Å². The zero-order valence-electron chi connectivity index (χ0n) is 50.5. The Bertz CT molecular complexity index is 4030. The maximum Gasteiger partial charge on any atom is 0.150 e. The number of aliphatic hydroxyl groups excluding tert-OH is 2. The molecule has 88 heavy (non-hydrogen) atoms. The molecule has 0 bridgehead atoms. The highest BCUT2D eigenvalue weighted by atomic mass is 79.9. The van der Waals surface area contributed by atoms with Crippen molar-refractivity contribution in [2.45, 2.75) is 129 Å². The Morgan fingerprint density at radius 2 is 1.07 bits per heavy atom. The molecular weight excluding hydrogens is 1230 g/mol. The highest BCUT2D eigenvalue weighted by molar-refractivity contribution is 9.10. The molecule has 2 aromatic carbocycles. The molecule has 0 saturated carbocycles. The second-order valence-corrected chi connectivity index (χ2v) is 28.0. The molecule has 0 radical (unpaired) electrons. The van der Waals surface area contributed by atoms with Crippen LogP contribution in [0.2, 0.25) is 0 Å². The van der Waals surface area contributed by atoms with E-state index in [1.165, 1.54) is 6.42 Å². The van der Waals surface area contributed by atoms with Crippen LogP contribution in [-0.4, -0.2) is 92.4 Å². The first-order valence-corrected chi connectivity index (χ1v) is 33.3. The molecule has 0 aliphatic carbocycles. The Morgan fingerprint density at radius 3 is 1.56 bits per heavy atom. The van der Waals surface area contributed by atoms with Crippen LogP contribution in [0.1, 0.15) is 129 Å². The minimum Gasteiger partial charge on any atom is -0.396 e. The average Bonchev–Trinajstić information content (AvgIpc) is 2.26. The predicted octanol–water partition coefficient (Wildman–Crippen LogP) is 16.2. The highest BCUT2D eigenvalue weighted by Gasteiger charge is 2.26. The van der Waals surface area contributed by atoms with Gasteiger partial charge in [-0.25, -0.2) is 24.3 Å². The fourth-order valence-corrected chi connectivity index (χ4v) is 14.7. The van der Waals surface area contributed by atoms with Crippen LogP contribution >= 0.6 is 49.9 Å². The topological polar surface area (TPSA) is 236 Å². The number of ether oxygens (including phenoxy) is 2. The van der Waals surface area contributed by atoms with Crippen LogP contribution in [0.15, 0.2) is 138 Å². The van der Waals surface area contributed by atoms with Crippen LogP contribution < -0.4 is 27.0 Å². The molecule has 22 heteroatoms. The lowest BCUT2D eigenvalue weighted by atomic mass is 10.0. The van der Waals surface area contributed by atoms with Crippen molar-refractivity contribution in [1.82, 2.24) is 44.7 Å². The minimum absolute atomic E-state index is 0.0103. The van der Waals surface area contributed by atoms with Crippen LogP contribution in [0, 0.1) is 0 Å². The number of thiophene rings is 3. The largest absolute Gasteiger partial charge is 0.396 e. The standard InChI is InChI=1S/C28H35N5O2S.C19H23BrN4OS.C19H19N5OS/c1-28(2,3)32-25-18-22(30-20(13-15-34)19-9-5-4-6-10-19)27-21(31-25)17-24(36-27)23-12-14-29-33(23)26-11-7-8-16-35-26;1-19(2,3)23-16-10-12(20)18-13(22-16)11-15(26-18)14-7-8-21-24(14)17-6-4-5-9-25-17;20-18-11-16(22-13(7-9-25)12-4-2-1-3-5-12)19-15(23-18)10-17(26-19)14-6-8-21-24-14/h4-6,9-10,12,14,17-18,20,26,34H,7-8,11,13,15-16H2,1-3H3,(H2,30,31,32);7-8,10-11,17H,4-6,9H2,1-3H3,(H,22,23);1-6,8,10-11,13,25H,7,9H2,(H,21,24)(H3,20,22,23). The van der Waals surface area contributed by atoms with Gasteiger partial charge in [0.15, 0.2) is 12.5 Å². The van der Waals surface area contributed by atoms with E-state index in [-0.39, 0.29) is 48.8 Å². The quantitative estimate of drug-likeness (QED) is 0.0423. The maximum absolute atomic E-state index is 9.80. The number of rotatable bonds is 17. The second kappa shape index (κ2) is 28.0. The number of anilines is 5. The molecule has 2 aliphatic heterocycles. The normalized spacial score (nSPS) is 16.1. The van der Waals surface area contributed by atoms with Crippen molar-refractivity contribution >= 4 is 109 Å². The molecule has 9 N–H and O–H groups in total. The van der Waals surface area contributed by atoms with Gasteiger partial charge in [-0.05, 0) is 162 Å². The van der Waals surface area contributed by atoms with Crippen molar-refractivity contribution in [3.05, 3.63) is 149 Å². The third kappa shape index (κ3) is 15.4. The number of aromatic amines is 1. The summed E-state index contributed by atoms with van der Waals surface area (Å²) in [5, 5.41) is 49.7. The monoisotopic (exact) mass is 1300 g/mol. The van der Waals surface area contributed by atoms with Crippen molar-refractivity contribution < 1.29 is 19.7 Å². The summed E-state index contributed by atoms with van der Waals surface area (Å²) in [6.45, 7) is 14.6. The van der Waals surface area contributed by atoms with Gasteiger partial charge in [0.1, 0.15) is 17.5 Å². The van der Waals surface area contributed by atoms with Crippen LogP contribution in [0.5, 0.6) is 0 Å². The van der Waals surface area contributed by atoms with Crippen LogP contribution in [0.25, 0.3) is 62.4 Å². The third-order valence-electron chi connectivity index (χ3n) is 14.8. The third-order valence-corrected chi connectivity index (χ3v) is 19.2. The summed E-state index contributed by atoms with van der Waals surface area (Å²) in [6, 6.07) is 38.7. The molecule has 4 atom stereocenters. The number of benzene rings is 2. The van der Waals surface area contributed by atoms with Crippen molar-refractivity contribution in [3.8, 4) is 31.7 Å². The number of nitrogens with zero attached hydrogens (tertiary/aromatic N) is 8. The van der Waals surface area contributed by atoms with Gasteiger partial charge in [-0.3, -0.25) is 5.10 Å². The molecule has 9 aromatic heterocycles. The number of hydrogen-bond donors (Lipinski definition) is 8. The minimum atomic E-state index is -0.127. The van der Waals surface area contributed by atoms with Gasteiger partial charge in [0.05, 0.1) is 85.8 Å². The number of H-pyrrole nitrogens is 1. The first kappa shape index (κ1) is 62.3. The number of hydrogen-bond acceptors (Lipinski definition) is 18. The Morgan fingerprint density at radius 1 is 0.591 bits per heavy atom. The van der Waals surface area contributed by atoms with E-state index in [0.29, 0.717) is 18.7 Å². The van der Waals surface area contributed by atoms with E-state index in [1.807, 2.05) is 76.4 Å².